The number of rotatable bonds is 3. The largest absolute Gasteiger partial charge is 0.496 e. The SMILES string of the molecule is COc1cc(I)c(Cl)cc1C(=O)Nc1ccccn1. The fourth-order valence-corrected chi connectivity index (χ4v) is 2.10. The fraction of sp³-hybridized carbons (Fsp3) is 0.0769. The van der Waals surface area contributed by atoms with Crippen molar-refractivity contribution in [3.63, 3.8) is 0 Å². The van der Waals surface area contributed by atoms with Gasteiger partial charge in [0.25, 0.3) is 5.91 Å². The van der Waals surface area contributed by atoms with Gasteiger partial charge in [-0.1, -0.05) is 17.7 Å². The Kier molecular flexibility index (Phi) is 4.60. The van der Waals surface area contributed by atoms with Gasteiger partial charge in [0.15, 0.2) is 0 Å². The summed E-state index contributed by atoms with van der Waals surface area (Å²) in [6.07, 6.45) is 1.60. The average molecular weight is 389 g/mol. The van der Waals surface area contributed by atoms with E-state index in [1.807, 2.05) is 0 Å². The fourth-order valence-electron chi connectivity index (χ4n) is 1.50. The number of pyridine rings is 1. The van der Waals surface area contributed by atoms with E-state index in [0.29, 0.717) is 22.2 Å². The first kappa shape index (κ1) is 14.1. The third-order valence-electron chi connectivity index (χ3n) is 2.39. The number of amides is 1. The first-order chi connectivity index (χ1) is 9.11. The van der Waals surface area contributed by atoms with Crippen molar-refractivity contribution in [1.29, 1.82) is 0 Å². The van der Waals surface area contributed by atoms with Gasteiger partial charge in [-0.3, -0.25) is 4.79 Å². The standard InChI is InChI=1S/C13H10ClIN2O2/c1-19-11-7-10(15)9(14)6-8(11)13(18)17-12-4-2-3-5-16-12/h2-7H,1H3,(H,16,17,18). The Hall–Kier alpha value is -1.34. The van der Waals surface area contributed by atoms with Gasteiger partial charge >= 0.3 is 0 Å². The topological polar surface area (TPSA) is 51.2 Å². The number of carbonyl (C=O) groups is 1. The zero-order valence-corrected chi connectivity index (χ0v) is 12.9. The summed E-state index contributed by atoms with van der Waals surface area (Å²) in [5.41, 5.74) is 0.374. The van der Waals surface area contributed by atoms with Crippen molar-refractivity contribution in [2.75, 3.05) is 12.4 Å². The number of hydrogen-bond donors (Lipinski definition) is 1. The molecule has 0 radical (unpaired) electrons. The van der Waals surface area contributed by atoms with Crippen molar-refractivity contribution in [1.82, 2.24) is 4.98 Å². The van der Waals surface area contributed by atoms with Gasteiger partial charge < -0.3 is 10.1 Å². The highest BCUT2D eigenvalue weighted by atomic mass is 127. The summed E-state index contributed by atoms with van der Waals surface area (Å²) in [5, 5.41) is 3.20. The molecule has 0 aliphatic carbocycles. The number of nitrogens with zero attached hydrogens (tertiary/aromatic N) is 1. The molecule has 1 amide bonds. The van der Waals surface area contributed by atoms with Crippen LogP contribution < -0.4 is 10.1 Å². The van der Waals surface area contributed by atoms with Crippen LogP contribution in [0.3, 0.4) is 0 Å². The lowest BCUT2D eigenvalue weighted by Gasteiger charge is -2.10. The lowest BCUT2D eigenvalue weighted by Crippen LogP contribution is -2.14. The van der Waals surface area contributed by atoms with Crippen LogP contribution in [-0.2, 0) is 0 Å². The molecule has 2 rings (SSSR count). The van der Waals surface area contributed by atoms with Crippen LogP contribution in [0.25, 0.3) is 0 Å². The second-order valence-electron chi connectivity index (χ2n) is 3.64. The molecular formula is C13H10ClIN2O2. The molecule has 1 heterocycles. The van der Waals surface area contributed by atoms with Crippen LogP contribution in [-0.4, -0.2) is 18.0 Å². The Labute approximate surface area is 129 Å². The molecule has 98 valence electrons. The third kappa shape index (κ3) is 3.36. The molecule has 6 heteroatoms. The van der Waals surface area contributed by atoms with E-state index in [1.54, 1.807) is 36.5 Å². The van der Waals surface area contributed by atoms with Crippen LogP contribution in [0.15, 0.2) is 36.5 Å². The highest BCUT2D eigenvalue weighted by Crippen LogP contribution is 2.28. The monoisotopic (exact) mass is 388 g/mol. The van der Waals surface area contributed by atoms with E-state index in [0.717, 1.165) is 3.57 Å². The van der Waals surface area contributed by atoms with Crippen LogP contribution in [0, 0.1) is 3.57 Å². The van der Waals surface area contributed by atoms with E-state index in [1.165, 1.54) is 7.11 Å². The first-order valence-corrected chi connectivity index (χ1v) is 6.83. The zero-order valence-electron chi connectivity index (χ0n) is 9.98. The smallest absolute Gasteiger partial charge is 0.260 e. The van der Waals surface area contributed by atoms with Gasteiger partial charge in [-0.25, -0.2) is 4.98 Å². The van der Waals surface area contributed by atoms with Gasteiger partial charge in [0.1, 0.15) is 11.6 Å². The van der Waals surface area contributed by atoms with Crippen molar-refractivity contribution in [2.45, 2.75) is 0 Å². The molecule has 0 aliphatic rings. The van der Waals surface area contributed by atoms with Gasteiger partial charge in [-0.2, -0.15) is 0 Å². The molecule has 0 fully saturated rings. The number of carbonyl (C=O) groups excluding carboxylic acids is 1. The molecule has 0 saturated heterocycles. The van der Waals surface area contributed by atoms with Crippen molar-refractivity contribution in [3.8, 4) is 5.75 Å². The minimum absolute atomic E-state index is 0.311. The second-order valence-corrected chi connectivity index (χ2v) is 5.21. The number of nitrogens with one attached hydrogen (secondary N) is 1. The highest BCUT2D eigenvalue weighted by molar-refractivity contribution is 14.1. The number of methoxy groups -OCH3 is 1. The lowest BCUT2D eigenvalue weighted by atomic mass is 10.2. The molecule has 0 aliphatic heterocycles. The van der Waals surface area contributed by atoms with E-state index in [2.05, 4.69) is 32.9 Å². The lowest BCUT2D eigenvalue weighted by molar-refractivity contribution is 0.102. The summed E-state index contributed by atoms with van der Waals surface area (Å²) in [7, 11) is 1.51. The quantitative estimate of drug-likeness (QED) is 0.818. The van der Waals surface area contributed by atoms with Gasteiger partial charge in [-0.05, 0) is 46.9 Å². The van der Waals surface area contributed by atoms with Crippen LogP contribution in [0.1, 0.15) is 10.4 Å². The molecule has 1 aromatic carbocycles. The van der Waals surface area contributed by atoms with Crippen LogP contribution in [0.5, 0.6) is 5.75 Å². The third-order valence-corrected chi connectivity index (χ3v) is 3.92. The van der Waals surface area contributed by atoms with Crippen molar-refractivity contribution < 1.29 is 9.53 Å². The predicted molar refractivity (Wildman–Crippen MR) is 82.9 cm³/mol. The van der Waals surface area contributed by atoms with Crippen LogP contribution in [0.2, 0.25) is 5.02 Å². The Morgan fingerprint density at radius 3 is 2.84 bits per heavy atom. The molecule has 1 aromatic heterocycles. The zero-order chi connectivity index (χ0) is 13.8. The maximum Gasteiger partial charge on any atom is 0.260 e. The summed E-state index contributed by atoms with van der Waals surface area (Å²) >= 11 is 8.11. The molecule has 4 nitrogen and oxygen atoms in total. The summed E-state index contributed by atoms with van der Waals surface area (Å²) in [4.78, 5) is 16.2. The van der Waals surface area contributed by atoms with Gasteiger partial charge in [0, 0.05) is 9.77 Å². The Balaban J connectivity index is 2.31. The maximum absolute atomic E-state index is 12.2. The minimum atomic E-state index is -0.311. The second kappa shape index (κ2) is 6.21. The van der Waals surface area contributed by atoms with E-state index in [9.17, 15) is 4.79 Å². The van der Waals surface area contributed by atoms with Crippen molar-refractivity contribution in [3.05, 3.63) is 50.7 Å². The molecule has 0 spiro atoms. The van der Waals surface area contributed by atoms with Crippen LogP contribution in [0.4, 0.5) is 5.82 Å². The van der Waals surface area contributed by atoms with E-state index in [-0.39, 0.29) is 5.91 Å². The average Bonchev–Trinajstić information content (AvgIpc) is 2.42. The minimum Gasteiger partial charge on any atom is -0.496 e. The maximum atomic E-state index is 12.2. The molecule has 19 heavy (non-hydrogen) atoms. The number of benzene rings is 1. The Morgan fingerprint density at radius 1 is 1.42 bits per heavy atom. The normalized spacial score (nSPS) is 10.1. The van der Waals surface area contributed by atoms with E-state index in [4.69, 9.17) is 16.3 Å². The van der Waals surface area contributed by atoms with E-state index >= 15 is 0 Å². The van der Waals surface area contributed by atoms with Crippen LogP contribution >= 0.6 is 34.2 Å². The summed E-state index contributed by atoms with van der Waals surface area (Å²) < 4.78 is 6.02. The number of halogens is 2. The summed E-state index contributed by atoms with van der Waals surface area (Å²) in [6, 6.07) is 8.58. The Bertz CT molecular complexity index is 605. The summed E-state index contributed by atoms with van der Waals surface area (Å²) in [6.45, 7) is 0. The predicted octanol–water partition coefficient (Wildman–Crippen LogP) is 3.60. The van der Waals surface area contributed by atoms with E-state index < -0.39 is 0 Å². The van der Waals surface area contributed by atoms with Gasteiger partial charge in [0.05, 0.1) is 17.7 Å². The van der Waals surface area contributed by atoms with Gasteiger partial charge in [0.2, 0.25) is 0 Å². The highest BCUT2D eigenvalue weighted by Gasteiger charge is 2.15. The number of hydrogen-bond acceptors (Lipinski definition) is 3. The first-order valence-electron chi connectivity index (χ1n) is 5.37. The molecule has 2 aromatic rings. The Morgan fingerprint density at radius 2 is 2.21 bits per heavy atom. The number of aromatic nitrogens is 1. The molecular weight excluding hydrogens is 379 g/mol. The molecule has 0 unspecified atom stereocenters. The van der Waals surface area contributed by atoms with Crippen molar-refractivity contribution >= 4 is 45.9 Å². The molecule has 0 saturated carbocycles. The summed E-state index contributed by atoms with van der Waals surface area (Å²) in [5.74, 6) is 0.639. The van der Waals surface area contributed by atoms with Gasteiger partial charge in [-0.15, -0.1) is 0 Å². The van der Waals surface area contributed by atoms with Crippen molar-refractivity contribution in [2.24, 2.45) is 0 Å². The molecule has 0 bridgehead atoms. The molecule has 0 atom stereocenters. The number of anilines is 1. The molecule has 1 N–H and O–H groups in total. The number of ether oxygens (including phenoxy) is 1.